The summed E-state index contributed by atoms with van der Waals surface area (Å²) in [4.78, 5) is 13.0. The number of carbonyl (C=O) groups is 1. The quantitative estimate of drug-likeness (QED) is 0.0649. The molecule has 266 valence electrons. The number of phenolic OH excluding ortho intramolecular Hbond substituents is 1. The number of halogens is 6. The van der Waals surface area contributed by atoms with Crippen molar-refractivity contribution < 1.29 is 50.5 Å². The molecule has 1 aliphatic carbocycles. The molecule has 4 aromatic rings. The number of aromatic hydroxyl groups is 1. The van der Waals surface area contributed by atoms with E-state index in [4.69, 9.17) is 11.6 Å². The van der Waals surface area contributed by atoms with Gasteiger partial charge in [0.1, 0.15) is 5.75 Å². The van der Waals surface area contributed by atoms with Gasteiger partial charge in [-0.1, -0.05) is 67.3 Å². The zero-order valence-electron chi connectivity index (χ0n) is 26.3. The molecule has 50 heavy (non-hydrogen) atoms. The standard InChI is InChI=1S/C35H32ClF5N2O6S/c36-24-12-8-20(9-13-24)17-42(50(48,49)34-32(40)30(38)29(37)31(39)33(34)41)19-28(45)43(25-14-15-26(35(46)47)27(44)16-25)18-21-6-10-23(11-7-21)22-4-2-1-3-5-22/h6-16,22,35,44,46-47H,1-5,17-19H2. The Morgan fingerprint density at radius 2 is 1.32 bits per heavy atom. The molecule has 1 amide bonds. The Kier molecular flexibility index (Phi) is 11.5. The third-order valence-corrected chi connectivity index (χ3v) is 10.7. The van der Waals surface area contributed by atoms with Crippen LogP contribution in [0.5, 0.6) is 5.75 Å². The summed E-state index contributed by atoms with van der Waals surface area (Å²) >= 11 is 5.93. The van der Waals surface area contributed by atoms with Crippen LogP contribution in [0.15, 0.2) is 71.6 Å². The number of phenols is 1. The van der Waals surface area contributed by atoms with Crippen molar-refractivity contribution in [1.29, 1.82) is 0 Å². The summed E-state index contributed by atoms with van der Waals surface area (Å²) in [6.45, 7) is -2.15. The molecule has 4 aromatic carbocycles. The van der Waals surface area contributed by atoms with Gasteiger partial charge >= 0.3 is 0 Å². The molecule has 0 saturated heterocycles. The molecule has 15 heteroatoms. The largest absolute Gasteiger partial charge is 0.507 e. The highest BCUT2D eigenvalue weighted by molar-refractivity contribution is 7.89. The van der Waals surface area contributed by atoms with Crippen LogP contribution in [0.3, 0.4) is 0 Å². The van der Waals surface area contributed by atoms with Crippen LogP contribution >= 0.6 is 11.6 Å². The molecule has 0 aromatic heterocycles. The highest BCUT2D eigenvalue weighted by Gasteiger charge is 2.39. The molecule has 0 atom stereocenters. The van der Waals surface area contributed by atoms with Gasteiger partial charge in [-0.25, -0.2) is 30.4 Å². The van der Waals surface area contributed by atoms with Crippen LogP contribution < -0.4 is 4.90 Å². The number of hydrogen-bond donors (Lipinski definition) is 3. The van der Waals surface area contributed by atoms with E-state index < -0.39 is 75.0 Å². The summed E-state index contributed by atoms with van der Waals surface area (Å²) in [5.41, 5.74) is 1.49. The van der Waals surface area contributed by atoms with Gasteiger partial charge in [0.15, 0.2) is 34.5 Å². The fraction of sp³-hybridized carbons (Fsp3) is 0.286. The molecule has 0 spiro atoms. The average molecular weight is 739 g/mol. The third-order valence-electron chi connectivity index (χ3n) is 8.65. The van der Waals surface area contributed by atoms with Crippen molar-refractivity contribution in [3.63, 3.8) is 0 Å². The minimum Gasteiger partial charge on any atom is -0.507 e. The molecule has 0 radical (unpaired) electrons. The second-order valence-corrected chi connectivity index (χ2v) is 14.3. The van der Waals surface area contributed by atoms with Gasteiger partial charge in [0.2, 0.25) is 21.7 Å². The summed E-state index contributed by atoms with van der Waals surface area (Å²) in [5.74, 6) is -14.0. The Hall–Kier alpha value is -4.08. The summed E-state index contributed by atoms with van der Waals surface area (Å²) in [7, 11) is -5.62. The number of anilines is 1. The molecule has 1 fully saturated rings. The lowest BCUT2D eigenvalue weighted by molar-refractivity contribution is -0.119. The maximum absolute atomic E-state index is 14.9. The van der Waals surface area contributed by atoms with Gasteiger partial charge in [0.05, 0.1) is 13.1 Å². The lowest BCUT2D eigenvalue weighted by Gasteiger charge is -2.28. The normalized spacial score (nSPS) is 14.0. The van der Waals surface area contributed by atoms with Crippen molar-refractivity contribution in [2.24, 2.45) is 0 Å². The number of sulfonamides is 1. The van der Waals surface area contributed by atoms with Crippen LogP contribution in [-0.4, -0.2) is 40.5 Å². The lowest BCUT2D eigenvalue weighted by atomic mass is 9.84. The molecular weight excluding hydrogens is 707 g/mol. The number of aliphatic hydroxyl groups excluding tert-OH is 1. The molecule has 1 saturated carbocycles. The van der Waals surface area contributed by atoms with Crippen LogP contribution in [0.2, 0.25) is 5.02 Å². The van der Waals surface area contributed by atoms with E-state index in [-0.39, 0.29) is 32.7 Å². The number of aliphatic hydroxyl groups is 2. The average Bonchev–Trinajstić information content (AvgIpc) is 3.09. The molecule has 5 rings (SSSR count). The van der Waals surface area contributed by atoms with E-state index >= 15 is 0 Å². The summed E-state index contributed by atoms with van der Waals surface area (Å²) < 4.78 is 99.9. The van der Waals surface area contributed by atoms with Gasteiger partial charge in [-0.3, -0.25) is 4.79 Å². The van der Waals surface area contributed by atoms with Crippen molar-refractivity contribution in [2.75, 3.05) is 11.4 Å². The molecule has 0 bridgehead atoms. The third kappa shape index (κ3) is 7.94. The SMILES string of the molecule is O=C(CN(Cc1ccc(Cl)cc1)S(=O)(=O)c1c(F)c(F)c(F)c(F)c1F)N(Cc1ccc(C2CCCCC2)cc1)c1ccc(C(O)O)c(O)c1. The Balaban J connectivity index is 1.55. The molecule has 8 nitrogen and oxygen atoms in total. The highest BCUT2D eigenvalue weighted by Crippen LogP contribution is 2.34. The van der Waals surface area contributed by atoms with E-state index in [9.17, 15) is 50.5 Å². The fourth-order valence-electron chi connectivity index (χ4n) is 5.95. The van der Waals surface area contributed by atoms with Crippen molar-refractivity contribution in [3.8, 4) is 5.75 Å². The van der Waals surface area contributed by atoms with Gasteiger partial charge < -0.3 is 20.2 Å². The number of hydrogen-bond acceptors (Lipinski definition) is 6. The number of benzene rings is 4. The number of nitrogens with zero attached hydrogens (tertiary/aromatic N) is 2. The molecular formula is C35H32ClF5N2O6S. The second-order valence-electron chi connectivity index (χ2n) is 12.0. The van der Waals surface area contributed by atoms with E-state index in [0.29, 0.717) is 11.5 Å². The van der Waals surface area contributed by atoms with Gasteiger partial charge in [-0.05, 0) is 59.7 Å². The summed E-state index contributed by atoms with van der Waals surface area (Å²) in [6, 6.07) is 16.2. The van der Waals surface area contributed by atoms with Crippen LogP contribution in [0.1, 0.15) is 66.6 Å². The monoisotopic (exact) mass is 738 g/mol. The van der Waals surface area contributed by atoms with Crippen LogP contribution in [0.25, 0.3) is 0 Å². The predicted octanol–water partition coefficient (Wildman–Crippen LogP) is 7.20. The first-order chi connectivity index (χ1) is 23.7. The van der Waals surface area contributed by atoms with Gasteiger partial charge in [0, 0.05) is 28.9 Å². The highest BCUT2D eigenvalue weighted by atomic mass is 35.5. The lowest BCUT2D eigenvalue weighted by Crippen LogP contribution is -2.43. The number of carbonyl (C=O) groups excluding carboxylic acids is 1. The number of rotatable bonds is 11. The Bertz CT molecular complexity index is 1950. The van der Waals surface area contributed by atoms with Crippen molar-refractivity contribution in [3.05, 3.63) is 123 Å². The Morgan fingerprint density at radius 1 is 0.780 bits per heavy atom. The van der Waals surface area contributed by atoms with Crippen LogP contribution in [-0.2, 0) is 27.9 Å². The minimum absolute atomic E-state index is 0.0340. The van der Waals surface area contributed by atoms with E-state index in [1.54, 1.807) is 12.1 Å². The topological polar surface area (TPSA) is 118 Å². The van der Waals surface area contributed by atoms with Gasteiger partial charge in [-0.15, -0.1) is 0 Å². The van der Waals surface area contributed by atoms with Crippen molar-refractivity contribution >= 4 is 33.2 Å². The van der Waals surface area contributed by atoms with Crippen LogP contribution in [0, 0.1) is 29.1 Å². The first-order valence-electron chi connectivity index (χ1n) is 15.5. The molecule has 0 unspecified atom stereocenters. The summed E-state index contributed by atoms with van der Waals surface area (Å²) in [5, 5.41) is 29.9. The van der Waals surface area contributed by atoms with E-state index in [1.165, 1.54) is 36.8 Å². The zero-order chi connectivity index (χ0) is 36.3. The van der Waals surface area contributed by atoms with Crippen molar-refractivity contribution in [2.45, 2.75) is 62.3 Å². The molecule has 0 aliphatic heterocycles. The minimum atomic E-state index is -5.62. The van der Waals surface area contributed by atoms with Crippen molar-refractivity contribution in [1.82, 2.24) is 4.31 Å². The van der Waals surface area contributed by atoms with E-state index in [2.05, 4.69) is 0 Å². The fourth-order valence-corrected chi connectivity index (χ4v) is 7.57. The Morgan fingerprint density at radius 3 is 1.88 bits per heavy atom. The second kappa shape index (κ2) is 15.4. The maximum Gasteiger partial charge on any atom is 0.249 e. The first kappa shape index (κ1) is 37.2. The molecule has 3 N–H and O–H groups in total. The molecule has 0 heterocycles. The summed E-state index contributed by atoms with van der Waals surface area (Å²) in [6.07, 6.45) is 3.39. The molecule has 1 aliphatic rings. The van der Waals surface area contributed by atoms with Crippen LogP contribution in [0.4, 0.5) is 27.6 Å². The zero-order valence-corrected chi connectivity index (χ0v) is 27.9. The predicted molar refractivity (Wildman–Crippen MR) is 174 cm³/mol. The van der Waals surface area contributed by atoms with E-state index in [1.807, 2.05) is 12.1 Å². The Labute approximate surface area is 290 Å². The smallest absolute Gasteiger partial charge is 0.249 e. The van der Waals surface area contributed by atoms with Gasteiger partial charge in [0.25, 0.3) is 0 Å². The van der Waals surface area contributed by atoms with Gasteiger partial charge in [-0.2, -0.15) is 4.31 Å². The van der Waals surface area contributed by atoms with E-state index in [0.717, 1.165) is 48.3 Å². The maximum atomic E-state index is 14.9. The number of amides is 1. The first-order valence-corrected chi connectivity index (χ1v) is 17.3.